The summed E-state index contributed by atoms with van der Waals surface area (Å²) in [4.78, 5) is 33.0. The molecule has 6 rings (SSSR count). The number of likely N-dealkylation sites (N-methyl/N-ethyl adjacent to an activating group) is 1. The summed E-state index contributed by atoms with van der Waals surface area (Å²) >= 11 is 0. The third-order valence-corrected chi connectivity index (χ3v) is 11.1. The minimum atomic E-state index is -1.40. The van der Waals surface area contributed by atoms with E-state index in [4.69, 9.17) is 19.0 Å². The molecule has 2 N–H and O–H groups in total. The molecule has 0 aromatic heterocycles. The first kappa shape index (κ1) is 39.4. The van der Waals surface area contributed by atoms with Crippen LogP contribution in [-0.4, -0.2) is 78.8 Å². The van der Waals surface area contributed by atoms with Gasteiger partial charge < -0.3 is 34.2 Å². The Hall–Kier alpha value is -5.28. The molecule has 1 heterocycles. The number of allylic oxidation sites excluding steroid dienone is 1. The zero-order valence-corrected chi connectivity index (χ0v) is 31.4. The van der Waals surface area contributed by atoms with Crippen LogP contribution in [0.2, 0.25) is 0 Å². The van der Waals surface area contributed by atoms with Crippen molar-refractivity contribution in [2.24, 2.45) is 22.9 Å². The summed E-state index contributed by atoms with van der Waals surface area (Å²) in [6.45, 7) is 4.28. The van der Waals surface area contributed by atoms with Gasteiger partial charge in [0, 0.05) is 49.3 Å². The molecule has 0 spiro atoms. The highest BCUT2D eigenvalue weighted by Gasteiger charge is 2.65. The summed E-state index contributed by atoms with van der Waals surface area (Å²) in [6.07, 6.45) is 9.54. The number of carbonyl (C=O) groups is 2. The Morgan fingerprint density at radius 2 is 1.80 bits per heavy atom. The van der Waals surface area contributed by atoms with Gasteiger partial charge in [0.25, 0.3) is 5.91 Å². The van der Waals surface area contributed by atoms with Crippen LogP contribution in [0.5, 0.6) is 17.2 Å². The Bertz CT molecular complexity index is 1950. The second-order valence-corrected chi connectivity index (χ2v) is 14.4. The standard InChI is InChI=1S/C44H49N3O8/c1-4-22-53-44-40(47(2)43(51)31-16-14-29(27-45)15-17-31)26-38(46-52-3)36-24-32(11-5-7-20-48)35(13-6-8-21-49)41(42(36)44)37-25-34(18-19-39(37)55-44)54-33-12-9-10-30(23-33)28-50/h4,9-10,12,14-19,23-25,28,32,35,40-42,48-49H,1,5-8,11,13,20-22,26H2,2-3H3/t32-,35+,40-,41+,42+,44+/m0/s1. The van der Waals surface area contributed by atoms with E-state index in [1.54, 1.807) is 66.6 Å². The summed E-state index contributed by atoms with van der Waals surface area (Å²) in [6, 6.07) is 20.6. The second kappa shape index (κ2) is 17.9. The lowest BCUT2D eigenvalue weighted by molar-refractivity contribution is -0.252. The van der Waals surface area contributed by atoms with Crippen molar-refractivity contribution in [3.63, 3.8) is 0 Å². The van der Waals surface area contributed by atoms with Crippen LogP contribution in [0.3, 0.4) is 0 Å². The number of aliphatic hydroxyl groups excluding tert-OH is 2. The van der Waals surface area contributed by atoms with Gasteiger partial charge in [-0.15, -0.1) is 6.58 Å². The molecule has 3 aromatic rings. The van der Waals surface area contributed by atoms with Gasteiger partial charge in [-0.3, -0.25) is 9.59 Å². The average molecular weight is 748 g/mol. The first-order valence-electron chi connectivity index (χ1n) is 18.9. The van der Waals surface area contributed by atoms with Gasteiger partial charge in [0.2, 0.25) is 5.79 Å². The summed E-state index contributed by atoms with van der Waals surface area (Å²) in [5.74, 6) is -0.552. The minimum Gasteiger partial charge on any atom is -0.459 e. The molecule has 288 valence electrons. The van der Waals surface area contributed by atoms with Crippen molar-refractivity contribution in [3.05, 3.63) is 113 Å². The van der Waals surface area contributed by atoms with Gasteiger partial charge >= 0.3 is 0 Å². The van der Waals surface area contributed by atoms with Crippen LogP contribution in [0.1, 0.15) is 82.7 Å². The molecule has 3 aromatic carbocycles. The molecule has 0 unspecified atom stereocenters. The zero-order chi connectivity index (χ0) is 39.0. The van der Waals surface area contributed by atoms with Crippen LogP contribution in [0, 0.1) is 29.1 Å². The maximum absolute atomic E-state index is 14.3. The predicted molar refractivity (Wildman–Crippen MR) is 207 cm³/mol. The quantitative estimate of drug-likeness (QED) is 0.0633. The van der Waals surface area contributed by atoms with Gasteiger partial charge in [0.1, 0.15) is 36.7 Å². The maximum Gasteiger partial charge on any atom is 0.254 e. The van der Waals surface area contributed by atoms with E-state index in [2.05, 4.69) is 23.9 Å². The SMILES string of the molecule is C=CCO[C@@]12Oc3ccc(Oc4cccc(C=O)c4)cc3[C@H]3[C@H](CCCCO)[C@@H](CCCCO)C=C(C(=NOC)C[C@@H]1N(C)C(=O)c1ccc(C#N)cc1)[C@H]32. The van der Waals surface area contributed by atoms with E-state index in [1.807, 2.05) is 18.2 Å². The molecule has 1 fully saturated rings. The van der Waals surface area contributed by atoms with Gasteiger partial charge in [-0.1, -0.05) is 42.3 Å². The van der Waals surface area contributed by atoms with Gasteiger partial charge in [0.15, 0.2) is 0 Å². The predicted octanol–water partition coefficient (Wildman–Crippen LogP) is 7.20. The third-order valence-electron chi connectivity index (χ3n) is 11.1. The van der Waals surface area contributed by atoms with Crippen molar-refractivity contribution in [3.8, 4) is 23.3 Å². The van der Waals surface area contributed by atoms with E-state index >= 15 is 0 Å². The second-order valence-electron chi connectivity index (χ2n) is 14.4. The molecule has 0 bridgehead atoms. The van der Waals surface area contributed by atoms with E-state index in [1.165, 1.54) is 7.11 Å². The van der Waals surface area contributed by atoms with Crippen LogP contribution < -0.4 is 9.47 Å². The molecule has 0 radical (unpaired) electrons. The van der Waals surface area contributed by atoms with Gasteiger partial charge in [-0.05, 0) is 97.7 Å². The van der Waals surface area contributed by atoms with Crippen LogP contribution in [0.15, 0.2) is 96.2 Å². The number of ether oxygens (including phenoxy) is 3. The molecule has 1 saturated carbocycles. The number of carbonyl (C=O) groups excluding carboxylic acids is 2. The highest BCUT2D eigenvalue weighted by atomic mass is 16.7. The number of fused-ring (bicyclic) bond motifs is 2. The zero-order valence-electron chi connectivity index (χ0n) is 31.4. The maximum atomic E-state index is 14.3. The van der Waals surface area contributed by atoms with Crippen LogP contribution in [0.25, 0.3) is 0 Å². The van der Waals surface area contributed by atoms with Crippen molar-refractivity contribution in [2.75, 3.05) is 34.0 Å². The molecule has 2 aliphatic carbocycles. The Labute approximate surface area is 322 Å². The van der Waals surface area contributed by atoms with Crippen LogP contribution >= 0.6 is 0 Å². The minimum absolute atomic E-state index is 0.0454. The fourth-order valence-electron chi connectivity index (χ4n) is 8.72. The molecule has 3 aliphatic rings. The number of benzene rings is 3. The molecule has 55 heavy (non-hydrogen) atoms. The Kier molecular flexibility index (Phi) is 12.8. The topological polar surface area (TPSA) is 151 Å². The van der Waals surface area contributed by atoms with Crippen molar-refractivity contribution < 1.29 is 38.9 Å². The van der Waals surface area contributed by atoms with Gasteiger partial charge in [0.05, 0.1) is 29.9 Å². The van der Waals surface area contributed by atoms with Gasteiger partial charge in [-0.2, -0.15) is 5.26 Å². The number of oxime groups is 1. The Morgan fingerprint density at radius 3 is 2.49 bits per heavy atom. The first-order chi connectivity index (χ1) is 26.8. The number of rotatable bonds is 17. The lowest BCUT2D eigenvalue weighted by Gasteiger charge is -2.59. The third kappa shape index (κ3) is 8.08. The fourth-order valence-corrected chi connectivity index (χ4v) is 8.72. The number of amides is 1. The van der Waals surface area contributed by atoms with E-state index in [-0.39, 0.29) is 49.9 Å². The molecule has 11 heteroatoms. The normalized spacial score (nSPS) is 24.3. The summed E-state index contributed by atoms with van der Waals surface area (Å²) in [7, 11) is 3.25. The lowest BCUT2D eigenvalue weighted by atomic mass is 9.55. The van der Waals surface area contributed by atoms with Crippen LogP contribution in [-0.2, 0) is 9.57 Å². The molecule has 1 aliphatic heterocycles. The largest absolute Gasteiger partial charge is 0.459 e. The smallest absolute Gasteiger partial charge is 0.254 e. The lowest BCUT2D eigenvalue weighted by Crippen LogP contribution is -2.69. The Morgan fingerprint density at radius 1 is 1.05 bits per heavy atom. The molecular weight excluding hydrogens is 698 g/mol. The first-order valence-corrected chi connectivity index (χ1v) is 18.9. The number of nitriles is 1. The van der Waals surface area contributed by atoms with Crippen molar-refractivity contribution in [1.82, 2.24) is 4.90 Å². The number of aliphatic hydroxyl groups is 2. The number of aldehydes is 1. The van der Waals surface area contributed by atoms with E-state index in [0.717, 1.165) is 43.1 Å². The monoisotopic (exact) mass is 747 g/mol. The van der Waals surface area contributed by atoms with Crippen molar-refractivity contribution in [2.45, 2.75) is 62.7 Å². The highest BCUT2D eigenvalue weighted by molar-refractivity contribution is 6.03. The van der Waals surface area contributed by atoms with Crippen molar-refractivity contribution in [1.29, 1.82) is 5.26 Å². The van der Waals surface area contributed by atoms with E-state index in [0.29, 0.717) is 52.5 Å². The van der Waals surface area contributed by atoms with Gasteiger partial charge in [-0.25, -0.2) is 0 Å². The summed E-state index contributed by atoms with van der Waals surface area (Å²) < 4.78 is 20.4. The number of hydrogen-bond donors (Lipinski definition) is 2. The van der Waals surface area contributed by atoms with E-state index in [9.17, 15) is 25.1 Å². The average Bonchev–Trinajstić information content (AvgIpc) is 3.21. The fraction of sp³-hybridized carbons (Fsp3) is 0.409. The van der Waals surface area contributed by atoms with E-state index < -0.39 is 17.7 Å². The Balaban J connectivity index is 1.55. The molecular formula is C44H49N3O8. The number of nitrogens with zero attached hydrogens (tertiary/aromatic N) is 3. The number of hydrogen-bond acceptors (Lipinski definition) is 10. The molecule has 11 nitrogen and oxygen atoms in total. The molecule has 0 saturated heterocycles. The summed E-state index contributed by atoms with van der Waals surface area (Å²) in [5.41, 5.74) is 3.88. The molecule has 6 atom stereocenters. The van der Waals surface area contributed by atoms with Crippen LogP contribution in [0.4, 0.5) is 0 Å². The van der Waals surface area contributed by atoms with Crippen molar-refractivity contribution >= 4 is 17.9 Å². The molecule has 1 amide bonds. The highest BCUT2D eigenvalue weighted by Crippen LogP contribution is 2.62. The summed E-state index contributed by atoms with van der Waals surface area (Å²) in [5, 5.41) is 33.6. The number of unbranched alkanes of at least 4 members (excludes halogenated alkanes) is 2.